The summed E-state index contributed by atoms with van der Waals surface area (Å²) in [6.07, 6.45) is 5.05. The van der Waals surface area contributed by atoms with Crippen LogP contribution in [-0.2, 0) is 6.54 Å². The highest BCUT2D eigenvalue weighted by molar-refractivity contribution is 6.29. The molecule has 0 aliphatic rings. The molecule has 0 N–H and O–H groups in total. The van der Waals surface area contributed by atoms with Crippen molar-refractivity contribution in [1.29, 1.82) is 0 Å². The van der Waals surface area contributed by atoms with Gasteiger partial charge in [-0.15, -0.1) is 0 Å². The van der Waals surface area contributed by atoms with Gasteiger partial charge >= 0.3 is 0 Å². The van der Waals surface area contributed by atoms with E-state index in [0.717, 1.165) is 18.9 Å². The lowest BCUT2D eigenvalue weighted by atomic mass is 10.2. The molecule has 3 aromatic heterocycles. The van der Waals surface area contributed by atoms with E-state index < -0.39 is 0 Å². The maximum absolute atomic E-state index is 6.06. The Morgan fingerprint density at radius 2 is 2.10 bits per heavy atom. The summed E-state index contributed by atoms with van der Waals surface area (Å²) in [5, 5.41) is 4.61. The van der Waals surface area contributed by atoms with Crippen molar-refractivity contribution in [2.75, 3.05) is 11.4 Å². The third-order valence-electron chi connectivity index (χ3n) is 3.03. The molecule has 0 saturated carbocycles. The highest BCUT2D eigenvalue weighted by Gasteiger charge is 2.13. The molecule has 7 heteroatoms. The first-order valence-corrected chi connectivity index (χ1v) is 6.66. The molecule has 3 heterocycles. The maximum atomic E-state index is 6.06. The van der Waals surface area contributed by atoms with Gasteiger partial charge in [0.25, 0.3) is 5.78 Å². The van der Waals surface area contributed by atoms with Crippen LogP contribution in [-0.4, -0.2) is 31.1 Å². The predicted molar refractivity (Wildman–Crippen MR) is 76.8 cm³/mol. The quantitative estimate of drug-likeness (QED) is 0.689. The molecular weight excluding hydrogens is 276 g/mol. The Labute approximate surface area is 121 Å². The molecular formula is C13H13ClN6. The Bertz CT molecular complexity index is 711. The van der Waals surface area contributed by atoms with Crippen LogP contribution in [0.15, 0.2) is 36.9 Å². The number of halogens is 1. The second kappa shape index (κ2) is 5.42. The molecule has 0 amide bonds. The largest absolute Gasteiger partial charge is 0.352 e. The van der Waals surface area contributed by atoms with Crippen LogP contribution in [0.4, 0.5) is 5.82 Å². The maximum Gasteiger partial charge on any atom is 0.255 e. The van der Waals surface area contributed by atoms with E-state index in [0.29, 0.717) is 10.9 Å². The van der Waals surface area contributed by atoms with E-state index in [4.69, 9.17) is 11.6 Å². The molecule has 0 spiro atoms. The van der Waals surface area contributed by atoms with Gasteiger partial charge in [0.15, 0.2) is 0 Å². The van der Waals surface area contributed by atoms with E-state index in [1.54, 1.807) is 23.0 Å². The second-order valence-electron chi connectivity index (χ2n) is 4.28. The standard InChI is InChI=1S/C13H13ClN6/c1-2-19(8-10-3-5-15-6-4-10)12-7-11(14)18-13-16-9-17-20(12)13/h3-7,9H,2,8H2,1H3. The first-order valence-electron chi connectivity index (χ1n) is 6.28. The Morgan fingerprint density at radius 1 is 1.30 bits per heavy atom. The molecule has 0 aliphatic carbocycles. The third kappa shape index (κ3) is 2.42. The number of rotatable bonds is 4. The van der Waals surface area contributed by atoms with Crippen molar-refractivity contribution in [2.45, 2.75) is 13.5 Å². The first-order chi connectivity index (χ1) is 9.78. The minimum Gasteiger partial charge on any atom is -0.352 e. The van der Waals surface area contributed by atoms with Crippen LogP contribution >= 0.6 is 11.6 Å². The van der Waals surface area contributed by atoms with Gasteiger partial charge in [0.2, 0.25) is 0 Å². The summed E-state index contributed by atoms with van der Waals surface area (Å²) < 4.78 is 1.69. The van der Waals surface area contributed by atoms with Gasteiger partial charge < -0.3 is 4.90 Å². The summed E-state index contributed by atoms with van der Waals surface area (Å²) in [7, 11) is 0. The summed E-state index contributed by atoms with van der Waals surface area (Å²) in [6, 6.07) is 5.78. The van der Waals surface area contributed by atoms with Gasteiger partial charge in [-0.3, -0.25) is 4.98 Å². The van der Waals surface area contributed by atoms with Crippen LogP contribution in [0.1, 0.15) is 12.5 Å². The lowest BCUT2D eigenvalue weighted by Gasteiger charge is -2.23. The monoisotopic (exact) mass is 288 g/mol. The van der Waals surface area contributed by atoms with Crippen LogP contribution in [0.3, 0.4) is 0 Å². The Balaban J connectivity index is 2.01. The summed E-state index contributed by atoms with van der Waals surface area (Å²) in [5.74, 6) is 1.37. The molecule has 3 rings (SSSR count). The topological polar surface area (TPSA) is 59.2 Å². The molecule has 0 radical (unpaired) electrons. The lowest BCUT2D eigenvalue weighted by molar-refractivity contribution is 0.775. The van der Waals surface area contributed by atoms with E-state index in [9.17, 15) is 0 Å². The molecule has 6 nitrogen and oxygen atoms in total. The van der Waals surface area contributed by atoms with Crippen LogP contribution in [0.25, 0.3) is 5.78 Å². The van der Waals surface area contributed by atoms with E-state index in [1.165, 1.54) is 11.9 Å². The van der Waals surface area contributed by atoms with Gasteiger partial charge in [-0.2, -0.15) is 19.6 Å². The average Bonchev–Trinajstić information content (AvgIpc) is 2.93. The van der Waals surface area contributed by atoms with Gasteiger partial charge in [-0.1, -0.05) is 11.6 Å². The van der Waals surface area contributed by atoms with Crippen LogP contribution in [0.2, 0.25) is 5.15 Å². The fraction of sp³-hybridized carbons (Fsp3) is 0.231. The minimum atomic E-state index is 0.411. The smallest absolute Gasteiger partial charge is 0.255 e. The SMILES string of the molecule is CCN(Cc1ccncc1)c1cc(Cl)nc2ncnn12. The van der Waals surface area contributed by atoms with E-state index in [-0.39, 0.29) is 0 Å². The van der Waals surface area contributed by atoms with E-state index >= 15 is 0 Å². The molecule has 3 aromatic rings. The molecule has 0 bridgehead atoms. The molecule has 0 unspecified atom stereocenters. The number of hydrogen-bond acceptors (Lipinski definition) is 5. The fourth-order valence-electron chi connectivity index (χ4n) is 2.06. The van der Waals surface area contributed by atoms with Gasteiger partial charge in [0.05, 0.1) is 0 Å². The molecule has 0 atom stereocenters. The Kier molecular flexibility index (Phi) is 3.47. The number of aromatic nitrogens is 5. The number of nitrogens with zero attached hydrogens (tertiary/aromatic N) is 6. The molecule has 0 fully saturated rings. The van der Waals surface area contributed by atoms with Crippen molar-refractivity contribution in [3.8, 4) is 0 Å². The lowest BCUT2D eigenvalue weighted by Crippen LogP contribution is -2.24. The third-order valence-corrected chi connectivity index (χ3v) is 3.22. The predicted octanol–water partition coefficient (Wildman–Crippen LogP) is 2.20. The zero-order valence-corrected chi connectivity index (χ0v) is 11.7. The Hall–Kier alpha value is -2.21. The molecule has 0 aliphatic heterocycles. The van der Waals surface area contributed by atoms with Crippen molar-refractivity contribution >= 4 is 23.2 Å². The number of hydrogen-bond donors (Lipinski definition) is 0. The normalized spacial score (nSPS) is 10.9. The van der Waals surface area contributed by atoms with Crippen LogP contribution in [0, 0.1) is 0 Å². The van der Waals surface area contributed by atoms with Crippen molar-refractivity contribution < 1.29 is 0 Å². The van der Waals surface area contributed by atoms with Gasteiger partial charge in [-0.05, 0) is 24.6 Å². The molecule has 20 heavy (non-hydrogen) atoms. The van der Waals surface area contributed by atoms with Crippen molar-refractivity contribution in [2.24, 2.45) is 0 Å². The van der Waals surface area contributed by atoms with Gasteiger partial charge in [0.1, 0.15) is 17.3 Å². The van der Waals surface area contributed by atoms with Gasteiger partial charge in [-0.25, -0.2) is 0 Å². The Morgan fingerprint density at radius 3 is 2.85 bits per heavy atom. The van der Waals surface area contributed by atoms with Crippen LogP contribution in [0.5, 0.6) is 0 Å². The summed E-state index contributed by atoms with van der Waals surface area (Å²) >= 11 is 6.06. The highest BCUT2D eigenvalue weighted by atomic mass is 35.5. The van der Waals surface area contributed by atoms with Gasteiger partial charge in [0, 0.05) is 31.5 Å². The zero-order chi connectivity index (χ0) is 13.9. The van der Waals surface area contributed by atoms with Crippen molar-refractivity contribution in [3.63, 3.8) is 0 Å². The van der Waals surface area contributed by atoms with E-state index in [2.05, 4.69) is 31.9 Å². The first kappa shape index (κ1) is 12.8. The molecule has 0 saturated heterocycles. The summed E-state index contributed by atoms with van der Waals surface area (Å²) in [6.45, 7) is 3.64. The number of anilines is 1. The van der Waals surface area contributed by atoms with E-state index in [1.807, 2.05) is 12.1 Å². The summed E-state index contributed by atoms with van der Waals surface area (Å²) in [4.78, 5) is 14.4. The van der Waals surface area contributed by atoms with Crippen molar-refractivity contribution in [1.82, 2.24) is 24.6 Å². The van der Waals surface area contributed by atoms with Crippen molar-refractivity contribution in [3.05, 3.63) is 47.6 Å². The zero-order valence-electron chi connectivity index (χ0n) is 10.9. The minimum absolute atomic E-state index is 0.411. The summed E-state index contributed by atoms with van der Waals surface area (Å²) in [5.41, 5.74) is 1.17. The second-order valence-corrected chi connectivity index (χ2v) is 4.67. The van der Waals surface area contributed by atoms with Crippen LogP contribution < -0.4 is 4.90 Å². The fourth-order valence-corrected chi connectivity index (χ4v) is 2.23. The number of fused-ring (bicyclic) bond motifs is 1. The highest BCUT2D eigenvalue weighted by Crippen LogP contribution is 2.20. The number of pyridine rings is 1. The molecule has 102 valence electrons. The average molecular weight is 289 g/mol. The molecule has 0 aromatic carbocycles.